The lowest BCUT2D eigenvalue weighted by atomic mass is 10.1. The number of pyridine rings is 1. The standard InChI is InChI=1S/C19H19F3N2O2/c20-19(21,22)15-8-6-14(7-9-15)18(25)24-11-3-5-17(12-24)26-13-16-4-1-2-10-23-16/h1-2,4,6-10,17H,3,5,11-13H2/t17-/m0/s1. The Morgan fingerprint density at radius 3 is 2.62 bits per heavy atom. The zero-order chi connectivity index (χ0) is 18.6. The van der Waals surface area contributed by atoms with Crippen molar-refractivity contribution in [3.8, 4) is 0 Å². The molecule has 1 aliphatic heterocycles. The fourth-order valence-electron chi connectivity index (χ4n) is 2.93. The van der Waals surface area contributed by atoms with Gasteiger partial charge < -0.3 is 9.64 Å². The Labute approximate surface area is 149 Å². The molecule has 7 heteroatoms. The monoisotopic (exact) mass is 364 g/mol. The molecule has 3 rings (SSSR count). The maximum absolute atomic E-state index is 12.6. The summed E-state index contributed by atoms with van der Waals surface area (Å²) < 4.78 is 43.7. The van der Waals surface area contributed by atoms with E-state index in [2.05, 4.69) is 4.98 Å². The first-order valence-electron chi connectivity index (χ1n) is 8.41. The molecule has 0 radical (unpaired) electrons. The van der Waals surface area contributed by atoms with E-state index in [1.165, 1.54) is 12.1 Å². The molecule has 1 atom stereocenters. The van der Waals surface area contributed by atoms with E-state index in [0.717, 1.165) is 30.7 Å². The van der Waals surface area contributed by atoms with Crippen molar-refractivity contribution >= 4 is 5.91 Å². The summed E-state index contributed by atoms with van der Waals surface area (Å²) >= 11 is 0. The van der Waals surface area contributed by atoms with Crippen molar-refractivity contribution in [2.75, 3.05) is 13.1 Å². The van der Waals surface area contributed by atoms with Crippen LogP contribution in [0.15, 0.2) is 48.7 Å². The van der Waals surface area contributed by atoms with Gasteiger partial charge in [-0.2, -0.15) is 13.2 Å². The largest absolute Gasteiger partial charge is 0.416 e. The molecule has 0 spiro atoms. The second kappa shape index (κ2) is 7.86. The average molecular weight is 364 g/mol. The summed E-state index contributed by atoms with van der Waals surface area (Å²) in [5, 5.41) is 0. The van der Waals surface area contributed by atoms with E-state index in [9.17, 15) is 18.0 Å². The molecule has 26 heavy (non-hydrogen) atoms. The molecule has 2 aromatic rings. The third kappa shape index (κ3) is 4.60. The van der Waals surface area contributed by atoms with Crippen LogP contribution in [-0.2, 0) is 17.5 Å². The van der Waals surface area contributed by atoms with E-state index in [-0.39, 0.29) is 17.6 Å². The molecule has 0 aliphatic carbocycles. The van der Waals surface area contributed by atoms with Gasteiger partial charge in [0.05, 0.1) is 24.0 Å². The first-order chi connectivity index (χ1) is 12.4. The molecule has 1 fully saturated rings. The van der Waals surface area contributed by atoms with E-state index in [0.29, 0.717) is 19.7 Å². The van der Waals surface area contributed by atoms with E-state index >= 15 is 0 Å². The highest BCUT2D eigenvalue weighted by molar-refractivity contribution is 5.94. The number of amides is 1. The number of carbonyl (C=O) groups is 1. The lowest BCUT2D eigenvalue weighted by molar-refractivity contribution is -0.137. The minimum absolute atomic E-state index is 0.107. The molecular formula is C19H19F3N2O2. The normalized spacial score (nSPS) is 18.0. The molecule has 1 saturated heterocycles. The Balaban J connectivity index is 1.59. The fraction of sp³-hybridized carbons (Fsp3) is 0.368. The number of rotatable bonds is 4. The molecule has 2 heterocycles. The Morgan fingerprint density at radius 1 is 1.19 bits per heavy atom. The first kappa shape index (κ1) is 18.4. The number of piperidine rings is 1. The summed E-state index contributed by atoms with van der Waals surface area (Å²) in [6, 6.07) is 9.90. The first-order valence-corrected chi connectivity index (χ1v) is 8.41. The molecule has 4 nitrogen and oxygen atoms in total. The summed E-state index contributed by atoms with van der Waals surface area (Å²) in [7, 11) is 0. The molecule has 0 unspecified atom stereocenters. The van der Waals surface area contributed by atoms with Crippen LogP contribution in [0.2, 0.25) is 0 Å². The number of ether oxygens (including phenoxy) is 1. The van der Waals surface area contributed by atoms with Gasteiger partial charge in [-0.3, -0.25) is 9.78 Å². The molecule has 1 amide bonds. The Hall–Kier alpha value is -2.41. The number of alkyl halides is 3. The fourth-order valence-corrected chi connectivity index (χ4v) is 2.93. The smallest absolute Gasteiger partial charge is 0.370 e. The zero-order valence-electron chi connectivity index (χ0n) is 14.1. The third-order valence-corrected chi connectivity index (χ3v) is 4.32. The van der Waals surface area contributed by atoms with Gasteiger partial charge in [0.2, 0.25) is 0 Å². The van der Waals surface area contributed by atoms with Crippen molar-refractivity contribution in [3.05, 3.63) is 65.5 Å². The van der Waals surface area contributed by atoms with Gasteiger partial charge in [0.25, 0.3) is 5.91 Å². The van der Waals surface area contributed by atoms with E-state index < -0.39 is 11.7 Å². The van der Waals surface area contributed by atoms with Crippen molar-refractivity contribution < 1.29 is 22.7 Å². The van der Waals surface area contributed by atoms with Crippen LogP contribution in [0.25, 0.3) is 0 Å². The van der Waals surface area contributed by atoms with E-state index in [1.807, 2.05) is 18.2 Å². The van der Waals surface area contributed by atoms with Crippen LogP contribution in [0.5, 0.6) is 0 Å². The van der Waals surface area contributed by atoms with Gasteiger partial charge in [-0.25, -0.2) is 0 Å². The zero-order valence-corrected chi connectivity index (χ0v) is 14.1. The quantitative estimate of drug-likeness (QED) is 0.826. The number of aromatic nitrogens is 1. The van der Waals surface area contributed by atoms with Gasteiger partial charge in [0.15, 0.2) is 0 Å². The van der Waals surface area contributed by atoms with Crippen molar-refractivity contribution in [1.82, 2.24) is 9.88 Å². The van der Waals surface area contributed by atoms with Gasteiger partial charge in [0, 0.05) is 24.8 Å². The summed E-state index contributed by atoms with van der Waals surface area (Å²) in [6.07, 6.45) is -1.19. The third-order valence-electron chi connectivity index (χ3n) is 4.32. The van der Waals surface area contributed by atoms with Crippen molar-refractivity contribution in [2.24, 2.45) is 0 Å². The number of hydrogen-bond donors (Lipinski definition) is 0. The predicted molar refractivity (Wildman–Crippen MR) is 89.4 cm³/mol. The number of halogens is 3. The van der Waals surface area contributed by atoms with Crippen molar-refractivity contribution in [1.29, 1.82) is 0 Å². The topological polar surface area (TPSA) is 42.4 Å². The number of hydrogen-bond acceptors (Lipinski definition) is 3. The molecule has 1 aliphatic rings. The van der Waals surface area contributed by atoms with E-state index in [4.69, 9.17) is 4.74 Å². The molecule has 0 saturated carbocycles. The van der Waals surface area contributed by atoms with Gasteiger partial charge in [-0.1, -0.05) is 6.07 Å². The van der Waals surface area contributed by atoms with Crippen LogP contribution >= 0.6 is 0 Å². The maximum atomic E-state index is 12.6. The molecular weight excluding hydrogens is 345 g/mol. The summed E-state index contributed by atoms with van der Waals surface area (Å²) in [4.78, 5) is 18.4. The summed E-state index contributed by atoms with van der Waals surface area (Å²) in [5.74, 6) is -0.273. The van der Waals surface area contributed by atoms with Crippen LogP contribution in [0.4, 0.5) is 13.2 Å². The maximum Gasteiger partial charge on any atom is 0.416 e. The Bertz CT molecular complexity index is 733. The van der Waals surface area contributed by atoms with Gasteiger partial charge in [-0.15, -0.1) is 0 Å². The minimum Gasteiger partial charge on any atom is -0.370 e. The van der Waals surface area contributed by atoms with E-state index in [1.54, 1.807) is 11.1 Å². The van der Waals surface area contributed by atoms with Crippen LogP contribution in [-0.4, -0.2) is 35.0 Å². The van der Waals surface area contributed by atoms with Crippen LogP contribution < -0.4 is 0 Å². The number of carbonyl (C=O) groups excluding carboxylic acids is 1. The van der Waals surface area contributed by atoms with Crippen LogP contribution in [0.3, 0.4) is 0 Å². The Morgan fingerprint density at radius 2 is 1.96 bits per heavy atom. The molecule has 138 valence electrons. The second-order valence-corrected chi connectivity index (χ2v) is 6.22. The number of benzene rings is 1. The average Bonchev–Trinajstić information content (AvgIpc) is 2.66. The minimum atomic E-state index is -4.41. The summed E-state index contributed by atoms with van der Waals surface area (Å²) in [5.41, 5.74) is 0.311. The highest BCUT2D eigenvalue weighted by atomic mass is 19.4. The SMILES string of the molecule is O=C(c1ccc(C(F)(F)F)cc1)N1CCC[C@H](OCc2ccccn2)C1. The number of nitrogens with zero attached hydrogens (tertiary/aromatic N) is 2. The van der Waals surface area contributed by atoms with Gasteiger partial charge in [-0.05, 0) is 49.2 Å². The number of likely N-dealkylation sites (tertiary alicyclic amines) is 1. The van der Waals surface area contributed by atoms with Crippen LogP contribution in [0.1, 0.15) is 34.5 Å². The summed E-state index contributed by atoms with van der Waals surface area (Å²) in [6.45, 7) is 1.36. The Kier molecular flexibility index (Phi) is 5.56. The van der Waals surface area contributed by atoms with Crippen molar-refractivity contribution in [2.45, 2.75) is 31.7 Å². The second-order valence-electron chi connectivity index (χ2n) is 6.22. The van der Waals surface area contributed by atoms with Crippen LogP contribution in [0, 0.1) is 0 Å². The van der Waals surface area contributed by atoms with Gasteiger partial charge in [0.1, 0.15) is 0 Å². The van der Waals surface area contributed by atoms with Gasteiger partial charge >= 0.3 is 6.18 Å². The lowest BCUT2D eigenvalue weighted by Crippen LogP contribution is -2.43. The molecule has 0 N–H and O–H groups in total. The lowest BCUT2D eigenvalue weighted by Gasteiger charge is -2.32. The molecule has 0 bridgehead atoms. The predicted octanol–water partition coefficient (Wildman–Crippen LogP) is 3.92. The molecule has 1 aromatic heterocycles. The highest BCUT2D eigenvalue weighted by Crippen LogP contribution is 2.29. The highest BCUT2D eigenvalue weighted by Gasteiger charge is 2.31. The van der Waals surface area contributed by atoms with Crippen molar-refractivity contribution in [3.63, 3.8) is 0 Å². The molecule has 1 aromatic carbocycles.